The molecule has 1 unspecified atom stereocenters. The van der Waals surface area contributed by atoms with E-state index in [9.17, 15) is 0 Å². The van der Waals surface area contributed by atoms with Gasteiger partial charge in [0.2, 0.25) is 0 Å². The Morgan fingerprint density at radius 1 is 0.467 bits per heavy atom. The number of halogens is 1. The quantitative estimate of drug-likeness (QED) is 0.222. The highest BCUT2D eigenvalue weighted by Gasteiger charge is 2.50. The van der Waals surface area contributed by atoms with Gasteiger partial charge in [0.25, 0.3) is 0 Å². The van der Waals surface area contributed by atoms with E-state index >= 15 is 0 Å². The van der Waals surface area contributed by atoms with Gasteiger partial charge in [0.15, 0.2) is 0 Å². The Morgan fingerprint density at radius 2 is 1.03 bits per heavy atom. The summed E-state index contributed by atoms with van der Waals surface area (Å²) < 4.78 is 1.16. The first-order valence-corrected chi connectivity index (χ1v) is 11.1. The third kappa shape index (κ3) is 1.79. The highest BCUT2D eigenvalue weighted by molar-refractivity contribution is 9.10. The van der Waals surface area contributed by atoms with Gasteiger partial charge in [0, 0.05) is 10.0 Å². The van der Waals surface area contributed by atoms with Gasteiger partial charge in [-0.1, -0.05) is 113 Å². The van der Waals surface area contributed by atoms with Crippen LogP contribution < -0.4 is 0 Å². The van der Waals surface area contributed by atoms with E-state index < -0.39 is 0 Å². The first kappa shape index (κ1) is 16.6. The summed E-state index contributed by atoms with van der Waals surface area (Å²) in [6.45, 7) is 0. The molecule has 7 rings (SSSR count). The molecule has 0 nitrogen and oxygen atoms in total. The van der Waals surface area contributed by atoms with Crippen molar-refractivity contribution in [2.75, 3.05) is 0 Å². The highest BCUT2D eigenvalue weighted by Crippen LogP contribution is 2.62. The molecule has 30 heavy (non-hydrogen) atoms. The van der Waals surface area contributed by atoms with Crippen molar-refractivity contribution in [3.05, 3.63) is 130 Å². The average molecular weight is 445 g/mol. The van der Waals surface area contributed by atoms with Gasteiger partial charge in [0.1, 0.15) is 0 Å². The van der Waals surface area contributed by atoms with Crippen molar-refractivity contribution in [2.45, 2.75) is 5.41 Å². The number of hydrogen-bond acceptors (Lipinski definition) is 0. The molecule has 0 aromatic heterocycles. The molecule has 0 fully saturated rings. The summed E-state index contributed by atoms with van der Waals surface area (Å²) in [6, 6.07) is 38.1. The molecule has 5 aromatic carbocycles. The van der Waals surface area contributed by atoms with Crippen LogP contribution in [0.3, 0.4) is 0 Å². The van der Waals surface area contributed by atoms with Crippen molar-refractivity contribution < 1.29 is 0 Å². The summed E-state index contributed by atoms with van der Waals surface area (Å²) in [5.74, 6) is 0. The van der Waals surface area contributed by atoms with Crippen LogP contribution in [0.5, 0.6) is 0 Å². The molecule has 1 heteroatoms. The van der Waals surface area contributed by atoms with Crippen LogP contribution in [0.25, 0.3) is 33.0 Å². The van der Waals surface area contributed by atoms with E-state index in [2.05, 4.69) is 119 Å². The van der Waals surface area contributed by atoms with Gasteiger partial charge in [-0.3, -0.25) is 0 Å². The molecule has 2 aliphatic carbocycles. The van der Waals surface area contributed by atoms with Gasteiger partial charge in [-0.15, -0.1) is 0 Å². The van der Waals surface area contributed by atoms with Crippen molar-refractivity contribution in [1.29, 1.82) is 0 Å². The first-order valence-electron chi connectivity index (χ1n) is 10.3. The second-order valence-corrected chi connectivity index (χ2v) is 9.07. The van der Waals surface area contributed by atoms with Crippen molar-refractivity contribution in [3.63, 3.8) is 0 Å². The lowest BCUT2D eigenvalue weighted by Crippen LogP contribution is -2.31. The van der Waals surface area contributed by atoms with Crippen molar-refractivity contribution in [3.8, 4) is 22.3 Å². The summed E-state index contributed by atoms with van der Waals surface area (Å²) >= 11 is 3.88. The Bertz CT molecular complexity index is 1510. The Morgan fingerprint density at radius 3 is 1.87 bits per heavy atom. The Kier molecular flexibility index (Phi) is 3.16. The van der Waals surface area contributed by atoms with Gasteiger partial charge in [0.05, 0.1) is 5.41 Å². The molecule has 0 saturated carbocycles. The molecular formula is C29H17Br. The molecule has 0 N–H and O–H groups in total. The molecule has 0 saturated heterocycles. The zero-order valence-electron chi connectivity index (χ0n) is 16.2. The Balaban J connectivity index is 1.81. The number of fused-ring (bicyclic) bond motifs is 9. The molecule has 140 valence electrons. The van der Waals surface area contributed by atoms with Crippen molar-refractivity contribution in [1.82, 2.24) is 0 Å². The van der Waals surface area contributed by atoms with E-state index in [1.807, 2.05) is 0 Å². The maximum Gasteiger partial charge on any atom is 0.0726 e. The molecule has 5 aromatic rings. The minimum atomic E-state index is -0.305. The third-order valence-corrected chi connectivity index (χ3v) is 7.61. The molecule has 0 amide bonds. The summed E-state index contributed by atoms with van der Waals surface area (Å²) in [4.78, 5) is 0. The van der Waals surface area contributed by atoms with Crippen LogP contribution in [0.15, 0.2) is 108 Å². The van der Waals surface area contributed by atoms with Gasteiger partial charge in [-0.25, -0.2) is 0 Å². The SMILES string of the molecule is Brc1cccc2c1-c1ccccc1C21c2ccccc2-c2cccc3cccc1c23. The zero-order chi connectivity index (χ0) is 19.9. The second kappa shape index (κ2) is 5.71. The Labute approximate surface area is 184 Å². The number of hydrogen-bond donors (Lipinski definition) is 0. The van der Waals surface area contributed by atoms with E-state index in [-0.39, 0.29) is 5.41 Å². The molecule has 0 radical (unpaired) electrons. The van der Waals surface area contributed by atoms with Crippen molar-refractivity contribution >= 4 is 26.7 Å². The lowest BCUT2D eigenvalue weighted by Gasteiger charge is -2.40. The monoisotopic (exact) mass is 444 g/mol. The molecule has 0 heterocycles. The summed E-state index contributed by atoms with van der Waals surface area (Å²) in [7, 11) is 0. The summed E-state index contributed by atoms with van der Waals surface area (Å²) in [6.07, 6.45) is 0. The maximum atomic E-state index is 3.88. The number of benzene rings is 5. The molecule has 1 spiro atoms. The topological polar surface area (TPSA) is 0 Å². The third-order valence-electron chi connectivity index (χ3n) is 6.95. The van der Waals surface area contributed by atoms with Crippen molar-refractivity contribution in [2.24, 2.45) is 0 Å². The van der Waals surface area contributed by atoms with Crippen LogP contribution in [0, 0.1) is 0 Å². The molecule has 0 bridgehead atoms. The normalized spacial score (nSPS) is 17.6. The first-order chi connectivity index (χ1) is 14.8. The van der Waals surface area contributed by atoms with Crippen LogP contribution in [-0.2, 0) is 5.41 Å². The Hall–Kier alpha value is -3.16. The van der Waals surface area contributed by atoms with Crippen LogP contribution in [0.4, 0.5) is 0 Å². The fourth-order valence-corrected chi connectivity index (χ4v) is 6.51. The lowest BCUT2D eigenvalue weighted by molar-refractivity contribution is 0.773. The van der Waals surface area contributed by atoms with Crippen LogP contribution >= 0.6 is 15.9 Å². The van der Waals surface area contributed by atoms with E-state index in [0.29, 0.717) is 0 Å². The predicted octanol–water partition coefficient (Wildman–Crippen LogP) is 7.95. The van der Waals surface area contributed by atoms with Crippen LogP contribution in [-0.4, -0.2) is 0 Å². The van der Waals surface area contributed by atoms with Crippen LogP contribution in [0.1, 0.15) is 22.3 Å². The zero-order valence-corrected chi connectivity index (χ0v) is 17.8. The summed E-state index contributed by atoms with van der Waals surface area (Å²) in [5, 5.41) is 2.68. The maximum absolute atomic E-state index is 3.88. The molecule has 0 aliphatic heterocycles. The van der Waals surface area contributed by atoms with E-state index in [1.165, 1.54) is 55.3 Å². The van der Waals surface area contributed by atoms with E-state index in [1.54, 1.807) is 0 Å². The predicted molar refractivity (Wildman–Crippen MR) is 128 cm³/mol. The van der Waals surface area contributed by atoms with Gasteiger partial charge in [-0.05, 0) is 55.8 Å². The standard InChI is InChI=1S/C29H17Br/c30-26-17-7-16-25-28(26)21-11-2-4-14-23(21)29(25)22-13-3-1-10-19(22)20-12-5-8-18-9-6-15-24(29)27(18)20/h1-17H. The fourth-order valence-electron chi connectivity index (χ4n) is 5.93. The minimum absolute atomic E-state index is 0.305. The van der Waals surface area contributed by atoms with Crippen LogP contribution in [0.2, 0.25) is 0 Å². The average Bonchev–Trinajstić information content (AvgIpc) is 3.10. The number of rotatable bonds is 0. The second-order valence-electron chi connectivity index (χ2n) is 8.21. The van der Waals surface area contributed by atoms with E-state index in [4.69, 9.17) is 0 Å². The molecule has 2 aliphatic rings. The largest absolute Gasteiger partial charge is 0.0726 e. The van der Waals surface area contributed by atoms with Gasteiger partial charge in [-0.2, -0.15) is 0 Å². The van der Waals surface area contributed by atoms with Gasteiger partial charge < -0.3 is 0 Å². The molecular weight excluding hydrogens is 428 g/mol. The fraction of sp³-hybridized carbons (Fsp3) is 0.0345. The minimum Gasteiger partial charge on any atom is -0.0619 e. The smallest absolute Gasteiger partial charge is 0.0619 e. The van der Waals surface area contributed by atoms with E-state index in [0.717, 1.165) is 4.47 Å². The molecule has 1 atom stereocenters. The van der Waals surface area contributed by atoms with Gasteiger partial charge >= 0.3 is 0 Å². The highest BCUT2D eigenvalue weighted by atomic mass is 79.9. The summed E-state index contributed by atoms with van der Waals surface area (Å²) in [5.41, 5.74) is 10.5. The lowest BCUT2D eigenvalue weighted by atomic mass is 9.61.